The SMILES string of the molecule is O=C(O)CCc1nc2ccccc2n1-c1ccc(C(F)(F)F)nc1. The van der Waals surface area contributed by atoms with E-state index in [0.717, 1.165) is 12.3 Å². The normalized spacial score (nSPS) is 11.8. The van der Waals surface area contributed by atoms with Gasteiger partial charge in [-0.1, -0.05) is 12.1 Å². The molecule has 0 unspecified atom stereocenters. The van der Waals surface area contributed by atoms with Gasteiger partial charge < -0.3 is 5.11 Å². The van der Waals surface area contributed by atoms with E-state index in [4.69, 9.17) is 5.11 Å². The van der Waals surface area contributed by atoms with Crippen molar-refractivity contribution in [3.63, 3.8) is 0 Å². The third-order valence-corrected chi connectivity index (χ3v) is 3.49. The molecule has 3 aromatic rings. The zero-order chi connectivity index (χ0) is 17.3. The lowest BCUT2D eigenvalue weighted by molar-refractivity contribution is -0.141. The number of nitrogens with zero attached hydrogens (tertiary/aromatic N) is 3. The highest BCUT2D eigenvalue weighted by Crippen LogP contribution is 2.29. The van der Waals surface area contributed by atoms with Gasteiger partial charge in [-0.15, -0.1) is 0 Å². The number of rotatable bonds is 4. The molecule has 5 nitrogen and oxygen atoms in total. The first-order chi connectivity index (χ1) is 11.4. The molecule has 1 aromatic carbocycles. The van der Waals surface area contributed by atoms with Gasteiger partial charge >= 0.3 is 12.1 Å². The van der Waals surface area contributed by atoms with Crippen LogP contribution in [0.25, 0.3) is 16.7 Å². The summed E-state index contributed by atoms with van der Waals surface area (Å²) in [5.74, 6) is -0.515. The highest BCUT2D eigenvalue weighted by molar-refractivity contribution is 5.78. The molecule has 0 fully saturated rings. The Hall–Kier alpha value is -2.90. The van der Waals surface area contributed by atoms with Crippen molar-refractivity contribution in [1.29, 1.82) is 0 Å². The zero-order valence-corrected chi connectivity index (χ0v) is 12.3. The van der Waals surface area contributed by atoms with E-state index in [2.05, 4.69) is 9.97 Å². The Morgan fingerprint density at radius 2 is 1.92 bits per heavy atom. The predicted octanol–water partition coefficient (Wildman–Crippen LogP) is 3.46. The average molecular weight is 335 g/mol. The minimum Gasteiger partial charge on any atom is -0.481 e. The zero-order valence-electron chi connectivity index (χ0n) is 12.3. The Labute approximate surface area is 134 Å². The number of aromatic nitrogens is 3. The molecule has 2 aromatic heterocycles. The minimum absolute atomic E-state index is 0.128. The maximum atomic E-state index is 12.7. The van der Waals surface area contributed by atoms with Gasteiger partial charge in [0.1, 0.15) is 11.5 Å². The fourth-order valence-electron chi connectivity index (χ4n) is 2.44. The minimum atomic E-state index is -4.51. The molecule has 0 aliphatic rings. The van der Waals surface area contributed by atoms with Crippen molar-refractivity contribution < 1.29 is 23.1 Å². The predicted molar refractivity (Wildman–Crippen MR) is 79.8 cm³/mol. The van der Waals surface area contributed by atoms with Crippen molar-refractivity contribution in [2.75, 3.05) is 0 Å². The molecule has 0 aliphatic carbocycles. The van der Waals surface area contributed by atoms with Crippen LogP contribution in [0.1, 0.15) is 17.9 Å². The standard InChI is InChI=1S/C16H12F3N3O2/c17-16(18,19)13-6-5-10(9-20-13)22-12-4-2-1-3-11(12)21-14(22)7-8-15(23)24/h1-6,9H,7-8H2,(H,23,24). The van der Waals surface area contributed by atoms with Crippen molar-refractivity contribution >= 4 is 17.0 Å². The molecule has 1 N–H and O–H groups in total. The van der Waals surface area contributed by atoms with Crippen LogP contribution < -0.4 is 0 Å². The summed E-state index contributed by atoms with van der Waals surface area (Å²) in [5, 5.41) is 8.86. The van der Waals surface area contributed by atoms with E-state index in [1.54, 1.807) is 28.8 Å². The quantitative estimate of drug-likeness (QED) is 0.793. The molecule has 0 radical (unpaired) electrons. The van der Waals surface area contributed by atoms with Gasteiger partial charge in [0.15, 0.2) is 0 Å². The summed E-state index contributed by atoms with van der Waals surface area (Å²) < 4.78 is 39.6. The number of aliphatic carboxylic acids is 1. The molecule has 3 rings (SSSR count). The number of halogens is 3. The van der Waals surface area contributed by atoms with Gasteiger partial charge in [0.05, 0.1) is 29.3 Å². The number of para-hydroxylation sites is 2. The van der Waals surface area contributed by atoms with E-state index in [1.807, 2.05) is 0 Å². The Balaban J connectivity index is 2.09. The van der Waals surface area contributed by atoms with Gasteiger partial charge in [-0.3, -0.25) is 9.36 Å². The number of imidazole rings is 1. The summed E-state index contributed by atoms with van der Waals surface area (Å²) in [6, 6.07) is 9.28. The lowest BCUT2D eigenvalue weighted by Gasteiger charge is -2.10. The number of hydrogen-bond acceptors (Lipinski definition) is 3. The van der Waals surface area contributed by atoms with Crippen LogP contribution in [0.2, 0.25) is 0 Å². The fourth-order valence-corrected chi connectivity index (χ4v) is 2.44. The summed E-state index contributed by atoms with van der Waals surface area (Å²) >= 11 is 0. The first kappa shape index (κ1) is 16.0. The van der Waals surface area contributed by atoms with E-state index in [1.165, 1.54) is 6.07 Å². The van der Waals surface area contributed by atoms with E-state index >= 15 is 0 Å². The number of alkyl halides is 3. The van der Waals surface area contributed by atoms with Gasteiger partial charge in [-0.05, 0) is 24.3 Å². The lowest BCUT2D eigenvalue weighted by atomic mass is 10.2. The molecule has 0 saturated carbocycles. The molecule has 0 atom stereocenters. The Bertz CT molecular complexity index is 886. The molecular formula is C16H12F3N3O2. The number of fused-ring (bicyclic) bond motifs is 1. The van der Waals surface area contributed by atoms with Crippen LogP contribution in [0.3, 0.4) is 0 Å². The summed E-state index contributed by atoms with van der Waals surface area (Å²) in [7, 11) is 0. The van der Waals surface area contributed by atoms with Crippen LogP contribution in [0.5, 0.6) is 0 Å². The van der Waals surface area contributed by atoms with Crippen LogP contribution in [-0.2, 0) is 17.4 Å². The Kier molecular flexibility index (Phi) is 3.96. The molecule has 0 saturated heterocycles. The van der Waals surface area contributed by atoms with E-state index in [9.17, 15) is 18.0 Å². The van der Waals surface area contributed by atoms with E-state index in [0.29, 0.717) is 22.5 Å². The van der Waals surface area contributed by atoms with Crippen molar-refractivity contribution in [2.24, 2.45) is 0 Å². The molecular weight excluding hydrogens is 323 g/mol. The van der Waals surface area contributed by atoms with Crippen LogP contribution in [0.15, 0.2) is 42.6 Å². The molecule has 0 aliphatic heterocycles. The lowest BCUT2D eigenvalue weighted by Crippen LogP contribution is -2.09. The smallest absolute Gasteiger partial charge is 0.433 e. The monoisotopic (exact) mass is 335 g/mol. The van der Waals surface area contributed by atoms with Crippen LogP contribution >= 0.6 is 0 Å². The van der Waals surface area contributed by atoms with Gasteiger partial charge in [0, 0.05) is 6.42 Å². The van der Waals surface area contributed by atoms with Gasteiger partial charge in [0.25, 0.3) is 0 Å². The summed E-state index contributed by atoms with van der Waals surface area (Å²) in [4.78, 5) is 18.7. The van der Waals surface area contributed by atoms with Crippen molar-refractivity contribution in [3.05, 3.63) is 54.1 Å². The summed E-state index contributed by atoms with van der Waals surface area (Å²) in [6.07, 6.45) is -3.37. The average Bonchev–Trinajstić information content (AvgIpc) is 2.90. The molecule has 0 amide bonds. The first-order valence-electron chi connectivity index (χ1n) is 7.08. The van der Waals surface area contributed by atoms with Crippen molar-refractivity contribution in [1.82, 2.24) is 14.5 Å². The second kappa shape index (κ2) is 5.95. The second-order valence-corrected chi connectivity index (χ2v) is 5.15. The molecule has 0 spiro atoms. The number of carboxylic acids is 1. The number of carbonyl (C=O) groups is 1. The van der Waals surface area contributed by atoms with E-state index < -0.39 is 17.8 Å². The third-order valence-electron chi connectivity index (χ3n) is 3.49. The maximum absolute atomic E-state index is 12.7. The number of pyridine rings is 1. The first-order valence-corrected chi connectivity index (χ1v) is 7.08. The fraction of sp³-hybridized carbons (Fsp3) is 0.188. The van der Waals surface area contributed by atoms with Crippen LogP contribution in [0.4, 0.5) is 13.2 Å². The third kappa shape index (κ3) is 3.08. The highest BCUT2D eigenvalue weighted by atomic mass is 19.4. The van der Waals surface area contributed by atoms with Gasteiger partial charge in [-0.2, -0.15) is 13.2 Å². The summed E-state index contributed by atoms with van der Waals surface area (Å²) in [6.45, 7) is 0. The molecule has 24 heavy (non-hydrogen) atoms. The number of benzene rings is 1. The molecule has 0 bridgehead atoms. The Morgan fingerprint density at radius 1 is 1.17 bits per heavy atom. The van der Waals surface area contributed by atoms with Gasteiger partial charge in [0.2, 0.25) is 0 Å². The van der Waals surface area contributed by atoms with Crippen molar-refractivity contribution in [2.45, 2.75) is 19.0 Å². The topological polar surface area (TPSA) is 68.0 Å². The molecule has 124 valence electrons. The largest absolute Gasteiger partial charge is 0.481 e. The van der Waals surface area contributed by atoms with Crippen LogP contribution in [0, 0.1) is 0 Å². The maximum Gasteiger partial charge on any atom is 0.433 e. The molecule has 8 heteroatoms. The second-order valence-electron chi connectivity index (χ2n) is 5.15. The van der Waals surface area contributed by atoms with E-state index in [-0.39, 0.29) is 12.8 Å². The Morgan fingerprint density at radius 3 is 2.54 bits per heavy atom. The van der Waals surface area contributed by atoms with Gasteiger partial charge in [-0.25, -0.2) is 9.97 Å². The van der Waals surface area contributed by atoms with Crippen molar-refractivity contribution in [3.8, 4) is 5.69 Å². The number of aryl methyl sites for hydroxylation is 1. The number of carboxylic acid groups (broad SMARTS) is 1. The summed E-state index contributed by atoms with van der Waals surface area (Å²) in [5.41, 5.74) is 0.733. The molecule has 2 heterocycles. The highest BCUT2D eigenvalue weighted by Gasteiger charge is 2.32. The van der Waals surface area contributed by atoms with Crippen LogP contribution in [-0.4, -0.2) is 25.6 Å². The number of hydrogen-bond donors (Lipinski definition) is 1.